The van der Waals surface area contributed by atoms with Crippen molar-refractivity contribution in [3.05, 3.63) is 34.4 Å². The van der Waals surface area contributed by atoms with E-state index in [1.54, 1.807) is 41.6 Å². The minimum atomic E-state index is 0.584. The Morgan fingerprint density at radius 1 is 0.955 bits per heavy atom. The Labute approximate surface area is 135 Å². The molecule has 0 heteroatoms. The normalized spacial score (nSPS) is 45.6. The number of fused-ring (bicyclic) bond motifs is 1. The Balaban J connectivity index is 1.56. The van der Waals surface area contributed by atoms with Crippen molar-refractivity contribution in [3.8, 4) is 0 Å². The molecule has 0 N–H and O–H groups in total. The van der Waals surface area contributed by atoms with Crippen LogP contribution < -0.4 is 0 Å². The lowest BCUT2D eigenvalue weighted by Gasteiger charge is -2.57. The van der Waals surface area contributed by atoms with Crippen molar-refractivity contribution in [2.45, 2.75) is 65.7 Å². The van der Waals surface area contributed by atoms with Crippen LogP contribution in [0, 0.1) is 35.0 Å². The summed E-state index contributed by atoms with van der Waals surface area (Å²) in [7, 11) is 0. The van der Waals surface area contributed by atoms with Crippen molar-refractivity contribution in [2.75, 3.05) is 0 Å². The van der Waals surface area contributed by atoms with Crippen molar-refractivity contribution in [2.24, 2.45) is 35.0 Å². The molecular formula is C22H30. The van der Waals surface area contributed by atoms with Gasteiger partial charge in [0.2, 0.25) is 0 Å². The van der Waals surface area contributed by atoms with Gasteiger partial charge < -0.3 is 0 Å². The zero-order valence-corrected chi connectivity index (χ0v) is 14.5. The first-order valence-electron chi connectivity index (χ1n) is 9.71. The fraction of sp³-hybridized carbons (Fsp3) is 0.727. The first-order chi connectivity index (χ1) is 10.5. The third kappa shape index (κ3) is 1.76. The molecule has 6 aliphatic carbocycles. The predicted molar refractivity (Wildman–Crippen MR) is 92.4 cm³/mol. The van der Waals surface area contributed by atoms with E-state index >= 15 is 0 Å². The summed E-state index contributed by atoms with van der Waals surface area (Å²) < 4.78 is 0. The Kier molecular flexibility index (Phi) is 2.73. The summed E-state index contributed by atoms with van der Waals surface area (Å²) in [6.07, 6.45) is 15.8. The second-order valence-corrected chi connectivity index (χ2v) is 9.60. The average molecular weight is 294 g/mol. The van der Waals surface area contributed by atoms with Crippen LogP contribution in [0.1, 0.15) is 65.7 Å². The highest BCUT2D eigenvalue weighted by molar-refractivity contribution is 5.61. The highest BCUT2D eigenvalue weighted by atomic mass is 14.6. The van der Waals surface area contributed by atoms with Gasteiger partial charge in [-0.15, -0.1) is 0 Å². The Bertz CT molecular complexity index is 575. The van der Waals surface area contributed by atoms with Gasteiger partial charge in [0, 0.05) is 0 Å². The number of hydrogen-bond donors (Lipinski definition) is 0. The topological polar surface area (TPSA) is 0 Å². The van der Waals surface area contributed by atoms with E-state index in [9.17, 15) is 0 Å². The van der Waals surface area contributed by atoms with Crippen LogP contribution in [0.25, 0.3) is 0 Å². The van der Waals surface area contributed by atoms with Crippen LogP contribution in [-0.4, -0.2) is 0 Å². The maximum Gasteiger partial charge on any atom is -0.00387 e. The zero-order chi connectivity index (χ0) is 15.1. The summed E-state index contributed by atoms with van der Waals surface area (Å²) in [6.45, 7) is 7.21. The maximum absolute atomic E-state index is 2.66. The van der Waals surface area contributed by atoms with Crippen LogP contribution in [-0.2, 0) is 0 Å². The molecule has 0 amide bonds. The van der Waals surface area contributed by atoms with Crippen molar-refractivity contribution >= 4 is 0 Å². The number of hydrogen-bond acceptors (Lipinski definition) is 0. The first kappa shape index (κ1) is 13.6. The Morgan fingerprint density at radius 3 is 2.09 bits per heavy atom. The Morgan fingerprint density at radius 2 is 1.55 bits per heavy atom. The van der Waals surface area contributed by atoms with Crippen LogP contribution in [0.3, 0.4) is 0 Å². The Hall–Kier alpha value is -0.780. The largest absolute Gasteiger partial charge is 0.0595 e. The molecule has 6 rings (SSSR count). The monoisotopic (exact) mass is 294 g/mol. The van der Waals surface area contributed by atoms with E-state index in [0.717, 1.165) is 29.6 Å². The molecule has 1 atom stereocenters. The van der Waals surface area contributed by atoms with Gasteiger partial charge in [-0.2, -0.15) is 0 Å². The van der Waals surface area contributed by atoms with Crippen molar-refractivity contribution in [1.82, 2.24) is 0 Å². The molecule has 0 aromatic carbocycles. The molecule has 0 saturated heterocycles. The van der Waals surface area contributed by atoms with E-state index in [1.807, 2.05) is 0 Å². The molecule has 0 spiro atoms. The minimum absolute atomic E-state index is 0.584. The standard InChI is InChI=1S/C22H30/c1-13(2)19-4-14(3)20-8-18(9-21(19)20)22-10-15-5-16(11-22)7-17(6-15)12-22/h8-9,13-17H,4-7,10-12H2,1-3H3. The maximum atomic E-state index is 2.66. The molecule has 0 aliphatic heterocycles. The molecule has 0 aromatic heterocycles. The van der Waals surface area contributed by atoms with Crippen LogP contribution in [0.5, 0.6) is 0 Å². The third-order valence-electron chi connectivity index (χ3n) is 7.67. The fourth-order valence-electron chi connectivity index (χ4n) is 7.08. The summed E-state index contributed by atoms with van der Waals surface area (Å²) in [4.78, 5) is 0. The lowest BCUT2D eigenvalue weighted by molar-refractivity contribution is -0.0284. The van der Waals surface area contributed by atoms with Gasteiger partial charge in [-0.05, 0) is 96.7 Å². The SMILES string of the molecule is CC(C)C1=C2C=C(C34CC5CC(CC(C5)C3)C4)C=C2C(C)C1. The van der Waals surface area contributed by atoms with E-state index in [1.165, 1.54) is 25.7 Å². The molecule has 6 aliphatic rings. The second-order valence-electron chi connectivity index (χ2n) is 9.60. The summed E-state index contributed by atoms with van der Waals surface area (Å²) >= 11 is 0. The zero-order valence-electron chi connectivity index (χ0n) is 14.5. The first-order valence-corrected chi connectivity index (χ1v) is 9.71. The van der Waals surface area contributed by atoms with Gasteiger partial charge in [0.15, 0.2) is 0 Å². The molecule has 0 nitrogen and oxygen atoms in total. The van der Waals surface area contributed by atoms with Gasteiger partial charge in [0.1, 0.15) is 0 Å². The molecule has 1 unspecified atom stereocenters. The number of allylic oxidation sites excluding steroid dienone is 6. The summed E-state index contributed by atoms with van der Waals surface area (Å²) in [5.41, 5.74) is 7.42. The lowest BCUT2D eigenvalue weighted by Crippen LogP contribution is -2.46. The van der Waals surface area contributed by atoms with Gasteiger partial charge >= 0.3 is 0 Å². The molecule has 0 aromatic rings. The van der Waals surface area contributed by atoms with Gasteiger partial charge in [-0.1, -0.05) is 38.5 Å². The molecule has 22 heavy (non-hydrogen) atoms. The predicted octanol–water partition coefficient (Wildman–Crippen LogP) is 6.06. The van der Waals surface area contributed by atoms with Crippen molar-refractivity contribution in [3.63, 3.8) is 0 Å². The molecule has 4 saturated carbocycles. The van der Waals surface area contributed by atoms with Gasteiger partial charge in [0.05, 0.1) is 0 Å². The van der Waals surface area contributed by atoms with Crippen LogP contribution in [0.4, 0.5) is 0 Å². The van der Waals surface area contributed by atoms with Crippen LogP contribution in [0.2, 0.25) is 0 Å². The quantitative estimate of drug-likeness (QED) is 0.580. The lowest BCUT2D eigenvalue weighted by atomic mass is 9.48. The molecule has 0 radical (unpaired) electrons. The van der Waals surface area contributed by atoms with Gasteiger partial charge in [-0.3, -0.25) is 0 Å². The highest BCUT2D eigenvalue weighted by Gasteiger charge is 2.52. The summed E-state index contributed by atoms with van der Waals surface area (Å²) in [5.74, 6) is 4.65. The van der Waals surface area contributed by atoms with Crippen LogP contribution in [0.15, 0.2) is 34.4 Å². The van der Waals surface area contributed by atoms with E-state index in [-0.39, 0.29) is 0 Å². The van der Waals surface area contributed by atoms with E-state index in [4.69, 9.17) is 0 Å². The van der Waals surface area contributed by atoms with Crippen molar-refractivity contribution < 1.29 is 0 Å². The average Bonchev–Trinajstić information content (AvgIpc) is 2.99. The molecule has 4 bridgehead atoms. The smallest absolute Gasteiger partial charge is 0.00387 e. The summed E-state index contributed by atoms with van der Waals surface area (Å²) in [5, 5.41) is 0. The molecular weight excluding hydrogens is 264 g/mol. The van der Waals surface area contributed by atoms with E-state index < -0.39 is 0 Å². The molecule has 4 fully saturated rings. The van der Waals surface area contributed by atoms with Crippen molar-refractivity contribution in [1.29, 1.82) is 0 Å². The van der Waals surface area contributed by atoms with E-state index in [2.05, 4.69) is 32.9 Å². The summed E-state index contributed by atoms with van der Waals surface area (Å²) in [6, 6.07) is 0. The molecule has 118 valence electrons. The van der Waals surface area contributed by atoms with E-state index in [0.29, 0.717) is 5.41 Å². The minimum Gasteiger partial charge on any atom is -0.0595 e. The van der Waals surface area contributed by atoms with Crippen LogP contribution >= 0.6 is 0 Å². The van der Waals surface area contributed by atoms with Gasteiger partial charge in [-0.25, -0.2) is 0 Å². The molecule has 0 heterocycles. The second kappa shape index (κ2) is 4.40. The third-order valence-corrected chi connectivity index (χ3v) is 7.67. The highest BCUT2D eigenvalue weighted by Crippen LogP contribution is 2.64. The number of rotatable bonds is 2. The fourth-order valence-corrected chi connectivity index (χ4v) is 7.08. The van der Waals surface area contributed by atoms with Gasteiger partial charge in [0.25, 0.3) is 0 Å².